The molecule has 0 aromatic heterocycles. The normalized spacial score (nSPS) is 20.5. The van der Waals surface area contributed by atoms with E-state index < -0.39 is 17.6 Å². The number of hydrazone groups is 1. The zero-order chi connectivity index (χ0) is 29.3. The average Bonchev–Trinajstić information content (AvgIpc) is 2.90. The number of hydrogen-bond acceptors (Lipinski definition) is 12. The van der Waals surface area contributed by atoms with E-state index in [1.165, 1.54) is 0 Å². The van der Waals surface area contributed by atoms with Crippen LogP contribution in [0, 0.1) is 0 Å². The first kappa shape index (κ1) is 37.1. The largest absolute Gasteiger partial charge is 0.477 e. The van der Waals surface area contributed by atoms with Crippen molar-refractivity contribution in [3.8, 4) is 0 Å². The Labute approximate surface area is 237 Å². The summed E-state index contributed by atoms with van der Waals surface area (Å²) >= 11 is 13.2. The molecule has 16 heteroatoms. The summed E-state index contributed by atoms with van der Waals surface area (Å²) in [5.74, 6) is -1.69. The number of thiocarbonyl (C=S) groups is 1. The van der Waals surface area contributed by atoms with E-state index in [0.717, 1.165) is 30.6 Å². The zero-order valence-electron chi connectivity index (χ0n) is 21.8. The van der Waals surface area contributed by atoms with Crippen molar-refractivity contribution in [2.75, 3.05) is 13.0 Å². The smallest absolute Gasteiger partial charge is 0.353 e. The summed E-state index contributed by atoms with van der Waals surface area (Å²) in [6.07, 6.45) is 1.03. The number of nitrogens with two attached hydrogens (primary N) is 2. The van der Waals surface area contributed by atoms with E-state index in [0.29, 0.717) is 22.1 Å². The molecule has 3 unspecified atom stereocenters. The first-order valence-corrected chi connectivity index (χ1v) is 13.9. The molecule has 2 aliphatic rings. The lowest BCUT2D eigenvalue weighted by molar-refractivity contribution is -0.138. The van der Waals surface area contributed by atoms with Gasteiger partial charge in [0.25, 0.3) is 5.91 Å². The minimum atomic E-state index is -1.09. The maximum absolute atomic E-state index is 12.6. The number of amides is 1. The topological polar surface area (TPSA) is 199 Å². The Hall–Kier alpha value is -2.04. The number of nitrogens with one attached hydrogen (secondary N) is 2. The predicted octanol–water partition coefficient (Wildman–Crippen LogP) is 2.36. The van der Waals surface area contributed by atoms with Crippen LogP contribution in [0.4, 0.5) is 0 Å². The van der Waals surface area contributed by atoms with Crippen LogP contribution < -0.4 is 22.2 Å². The van der Waals surface area contributed by atoms with Crippen molar-refractivity contribution in [2.45, 2.75) is 65.6 Å². The van der Waals surface area contributed by atoms with E-state index in [2.05, 4.69) is 27.7 Å². The molecule has 0 spiro atoms. The molecule has 2 aliphatic heterocycles. The van der Waals surface area contributed by atoms with Gasteiger partial charge in [-0.1, -0.05) is 80.2 Å². The van der Waals surface area contributed by atoms with Gasteiger partial charge in [0.05, 0.1) is 17.8 Å². The van der Waals surface area contributed by atoms with E-state index in [1.807, 2.05) is 27.7 Å². The summed E-state index contributed by atoms with van der Waals surface area (Å²) in [6.45, 7) is 13.1. The second kappa shape index (κ2) is 20.0. The van der Waals surface area contributed by atoms with Crippen LogP contribution in [0.1, 0.15) is 47.5 Å². The van der Waals surface area contributed by atoms with Crippen molar-refractivity contribution < 1.29 is 25.0 Å². The highest BCUT2D eigenvalue weighted by Crippen LogP contribution is 2.43. The summed E-state index contributed by atoms with van der Waals surface area (Å²) in [7, 11) is 1.00. The Morgan fingerprint density at radius 3 is 2.32 bits per heavy atom. The van der Waals surface area contributed by atoms with Crippen LogP contribution in [0.2, 0.25) is 0 Å². The minimum Gasteiger partial charge on any atom is -0.477 e. The third-order valence-electron chi connectivity index (χ3n) is 4.80. The van der Waals surface area contributed by atoms with Crippen molar-refractivity contribution in [3.05, 3.63) is 20.7 Å². The predicted molar refractivity (Wildman–Crippen MR) is 158 cm³/mol. The van der Waals surface area contributed by atoms with Gasteiger partial charge in [0.15, 0.2) is 10.0 Å². The van der Waals surface area contributed by atoms with Crippen LogP contribution in [-0.2, 0) is 9.59 Å². The molecule has 37 heavy (non-hydrogen) atoms. The Morgan fingerprint density at radius 2 is 1.86 bits per heavy atom. The maximum Gasteiger partial charge on any atom is 0.353 e. The number of oxime groups is 1. The number of carbonyl (C=O) groups excluding carboxylic acids is 1. The third-order valence-corrected chi connectivity index (χ3v) is 7.23. The van der Waals surface area contributed by atoms with Gasteiger partial charge in [-0.25, -0.2) is 4.79 Å². The number of carboxylic acids is 1. The van der Waals surface area contributed by atoms with E-state index in [1.54, 1.807) is 11.8 Å². The molecule has 0 aromatic carbocycles. The summed E-state index contributed by atoms with van der Waals surface area (Å²) in [6, 6.07) is -0.986. The molecular formula is C21H38ClN7O5S3. The van der Waals surface area contributed by atoms with Crippen molar-refractivity contribution in [3.63, 3.8) is 0 Å². The number of thioether (sulfide) groups is 2. The molecule has 0 saturated carbocycles. The molecule has 2 heterocycles. The Bertz CT molecular complexity index is 887. The number of carbonyl (C=O) groups is 2. The van der Waals surface area contributed by atoms with Crippen LogP contribution in [-0.4, -0.2) is 80.1 Å². The van der Waals surface area contributed by atoms with Gasteiger partial charge < -0.3 is 37.1 Å². The monoisotopic (exact) mass is 599 g/mol. The molecular weight excluding hydrogens is 562 g/mol. The fourth-order valence-electron chi connectivity index (χ4n) is 3.53. The van der Waals surface area contributed by atoms with Crippen LogP contribution in [0.3, 0.4) is 0 Å². The van der Waals surface area contributed by atoms with Gasteiger partial charge >= 0.3 is 5.97 Å². The van der Waals surface area contributed by atoms with E-state index in [4.69, 9.17) is 40.4 Å². The van der Waals surface area contributed by atoms with Crippen LogP contribution in [0.15, 0.2) is 30.9 Å². The Kier molecular flexibility index (Phi) is 20.1. The Morgan fingerprint density at radius 1 is 1.30 bits per heavy atom. The molecule has 1 fully saturated rings. The molecule has 0 bridgehead atoms. The third kappa shape index (κ3) is 9.98. The summed E-state index contributed by atoms with van der Waals surface area (Å²) < 4.78 is 0.321. The first-order valence-electron chi connectivity index (χ1n) is 11.3. The number of allylic oxidation sites excluding steroid dienone is 1. The van der Waals surface area contributed by atoms with E-state index >= 15 is 0 Å². The van der Waals surface area contributed by atoms with Crippen molar-refractivity contribution in [2.24, 2.45) is 21.7 Å². The van der Waals surface area contributed by atoms with Gasteiger partial charge in [-0.2, -0.15) is 5.10 Å². The van der Waals surface area contributed by atoms with Crippen molar-refractivity contribution in [1.82, 2.24) is 15.6 Å². The molecule has 212 valence electrons. The van der Waals surface area contributed by atoms with Gasteiger partial charge in [-0.15, -0.1) is 0 Å². The van der Waals surface area contributed by atoms with Crippen molar-refractivity contribution in [1.29, 1.82) is 0 Å². The second-order valence-corrected chi connectivity index (χ2v) is 9.84. The van der Waals surface area contributed by atoms with Crippen LogP contribution in [0.5, 0.6) is 0 Å². The summed E-state index contributed by atoms with van der Waals surface area (Å²) in [5.41, 5.74) is 13.2. The number of hydrogen-bond donors (Lipinski definition) is 7. The van der Waals surface area contributed by atoms with Gasteiger partial charge in [0.2, 0.25) is 0 Å². The number of carboxylic acid groups (broad SMARTS) is 1. The summed E-state index contributed by atoms with van der Waals surface area (Å²) in [4.78, 5) is 26.9. The number of fused-ring (bicyclic) bond motifs is 1. The van der Waals surface area contributed by atoms with E-state index in [9.17, 15) is 19.9 Å². The zero-order valence-corrected chi connectivity index (χ0v) is 25.0. The number of aliphatic hydroxyl groups excluding tert-OH is 1. The second-order valence-electron chi connectivity index (χ2n) is 6.44. The van der Waals surface area contributed by atoms with Crippen LogP contribution in [0.25, 0.3) is 0 Å². The standard InChI is InChI=1S/C16H22ClN7O4S3.2C2H6.CH4O/c1-6-10(21-14(25)11(23-28)9(19)13(17)30-5-18)7-3-4-8(31-16(29)22-20-2)12(15(26)27)24(6)7;3*1-2/h6-7,10,28H,2-5,18-19H2,1H3,(H,21,25)(H,22,29)(H,26,27);2*1-2H3;2H,1H3/b13-9-,23-11-;;;. The van der Waals surface area contributed by atoms with Gasteiger partial charge in [0, 0.05) is 30.7 Å². The quantitative estimate of drug-likeness (QED) is 0.0707. The molecule has 0 aliphatic carbocycles. The average molecular weight is 600 g/mol. The molecule has 1 amide bonds. The first-order chi connectivity index (χ1) is 17.7. The highest BCUT2D eigenvalue weighted by molar-refractivity contribution is 8.25. The number of halogens is 1. The lowest BCUT2D eigenvalue weighted by atomic mass is 9.81. The van der Waals surface area contributed by atoms with Gasteiger partial charge in [-0.3, -0.25) is 10.2 Å². The van der Waals surface area contributed by atoms with Crippen molar-refractivity contribution >= 4 is 76.0 Å². The summed E-state index contributed by atoms with van der Waals surface area (Å²) in [5, 5.41) is 35.2. The van der Waals surface area contributed by atoms with Crippen LogP contribution >= 0.6 is 47.3 Å². The molecule has 9 N–H and O–H groups in total. The fraction of sp³-hybridized carbons (Fsp3) is 0.571. The molecule has 1 saturated heterocycles. The number of aliphatic hydroxyl groups is 1. The highest BCUT2D eigenvalue weighted by Gasteiger charge is 2.51. The molecule has 12 nitrogen and oxygen atoms in total. The maximum atomic E-state index is 12.6. The fourth-order valence-corrected chi connectivity index (χ4v) is 5.41. The lowest BCUT2D eigenvalue weighted by Crippen LogP contribution is -2.73. The number of nitrogens with zero attached hydrogens (tertiary/aromatic N) is 3. The highest BCUT2D eigenvalue weighted by atomic mass is 35.5. The molecule has 0 aromatic rings. The Balaban J connectivity index is 0. The SMILES string of the molecule is C=NNC(=S)SC1=C(C(=O)O)N2C(C)C(NC(=O)C(=N\O)/C(N)=C(\Cl)SCN)C2CC1.CC.CC.CO. The lowest BCUT2D eigenvalue weighted by Gasteiger charge is -2.57. The molecule has 2 rings (SSSR count). The minimum absolute atomic E-state index is 0.0303. The van der Waals surface area contributed by atoms with Gasteiger partial charge in [-0.05, 0) is 19.8 Å². The molecule has 3 atom stereocenters. The van der Waals surface area contributed by atoms with E-state index in [-0.39, 0.29) is 39.8 Å². The molecule has 0 radical (unpaired) electrons. The number of rotatable bonds is 8. The van der Waals surface area contributed by atoms with Gasteiger partial charge in [0.1, 0.15) is 10.1 Å². The number of aliphatic carboxylic acids is 1.